The van der Waals surface area contributed by atoms with Crippen LogP contribution in [-0.2, 0) is 0 Å². The second-order valence-corrected chi connectivity index (χ2v) is 3.64. The molecule has 2 rings (SSSR count). The Morgan fingerprint density at radius 3 is 2.44 bits per heavy atom. The van der Waals surface area contributed by atoms with Gasteiger partial charge in [-0.3, -0.25) is 4.79 Å². The van der Waals surface area contributed by atoms with Crippen molar-refractivity contribution in [2.24, 2.45) is 0 Å². The van der Waals surface area contributed by atoms with Gasteiger partial charge in [-0.1, -0.05) is 6.58 Å². The number of rotatable bonds is 0. The Hall–Kier alpha value is -2.23. The third kappa shape index (κ3) is 1.13. The summed E-state index contributed by atoms with van der Waals surface area (Å²) in [5.41, 5.74) is 1.16. The number of fused-ring (bicyclic) bond motifs is 1. The second-order valence-electron chi connectivity index (χ2n) is 3.64. The molecule has 4 heteroatoms. The smallest absolute Gasteiger partial charge is 0.232 e. The Morgan fingerprint density at radius 2 is 1.81 bits per heavy atom. The van der Waals surface area contributed by atoms with E-state index in [1.165, 1.54) is 12.1 Å². The van der Waals surface area contributed by atoms with E-state index in [0.717, 1.165) is 0 Å². The number of aliphatic hydroxyl groups is 1. The molecule has 0 atom stereocenters. The lowest BCUT2D eigenvalue weighted by Gasteiger charge is -2.19. The number of aliphatic hydroxyl groups excluding tert-OH is 1. The molecule has 0 amide bonds. The number of benzene rings is 1. The summed E-state index contributed by atoms with van der Waals surface area (Å²) in [5, 5.41) is 28.4. The molecule has 0 unspecified atom stereocenters. The fourth-order valence-corrected chi connectivity index (χ4v) is 1.70. The van der Waals surface area contributed by atoms with Crippen LogP contribution in [0.5, 0.6) is 11.5 Å². The first-order valence-corrected chi connectivity index (χ1v) is 4.64. The van der Waals surface area contributed by atoms with Gasteiger partial charge in [0.15, 0.2) is 17.3 Å². The molecule has 1 aliphatic rings. The maximum Gasteiger partial charge on any atom is 0.232 e. The van der Waals surface area contributed by atoms with Gasteiger partial charge in [-0.25, -0.2) is 0 Å². The lowest BCUT2D eigenvalue weighted by Crippen LogP contribution is -2.14. The summed E-state index contributed by atoms with van der Waals surface area (Å²) >= 11 is 0. The number of Topliss-reactive ketones (excluding diaryl/α,β-unsaturated/α-hetero) is 1. The zero-order valence-corrected chi connectivity index (χ0v) is 8.61. The van der Waals surface area contributed by atoms with Crippen LogP contribution in [0.1, 0.15) is 22.8 Å². The first-order valence-electron chi connectivity index (χ1n) is 4.64. The largest absolute Gasteiger partial charge is 0.504 e. The minimum Gasteiger partial charge on any atom is -0.504 e. The van der Waals surface area contributed by atoms with E-state index < -0.39 is 23.0 Å². The van der Waals surface area contributed by atoms with Crippen LogP contribution in [0.25, 0.3) is 5.57 Å². The van der Waals surface area contributed by atoms with E-state index in [4.69, 9.17) is 0 Å². The topological polar surface area (TPSA) is 77.8 Å². The van der Waals surface area contributed by atoms with Crippen molar-refractivity contribution in [3.05, 3.63) is 41.2 Å². The van der Waals surface area contributed by atoms with Crippen LogP contribution in [0, 0.1) is 0 Å². The number of aromatic hydroxyl groups is 2. The zero-order chi connectivity index (χ0) is 12.0. The zero-order valence-electron chi connectivity index (χ0n) is 8.61. The predicted octanol–water partition coefficient (Wildman–Crippen LogP) is 2.14. The summed E-state index contributed by atoms with van der Waals surface area (Å²) in [6.07, 6.45) is 0. The molecule has 0 heterocycles. The molecule has 0 aromatic heterocycles. The van der Waals surface area contributed by atoms with Crippen molar-refractivity contribution in [2.75, 3.05) is 0 Å². The van der Waals surface area contributed by atoms with Crippen LogP contribution in [0.4, 0.5) is 0 Å². The van der Waals surface area contributed by atoms with Crippen molar-refractivity contribution in [3.63, 3.8) is 0 Å². The van der Waals surface area contributed by atoms with Crippen LogP contribution < -0.4 is 0 Å². The van der Waals surface area contributed by atoms with Gasteiger partial charge in [0.1, 0.15) is 0 Å². The normalized spacial score (nSPS) is 15.3. The van der Waals surface area contributed by atoms with Gasteiger partial charge in [0.25, 0.3) is 0 Å². The SMILES string of the molecule is C=C1C(C)=C(O)C(=O)c2c1ccc(O)c2O. The number of carbonyl (C=O) groups excluding carboxylic acids is 1. The molecule has 16 heavy (non-hydrogen) atoms. The van der Waals surface area contributed by atoms with Crippen LogP contribution in [0.2, 0.25) is 0 Å². The molecule has 0 radical (unpaired) electrons. The molecule has 1 aromatic carbocycles. The highest BCUT2D eigenvalue weighted by Gasteiger charge is 2.30. The maximum atomic E-state index is 11.7. The average Bonchev–Trinajstić information content (AvgIpc) is 2.27. The van der Waals surface area contributed by atoms with Crippen molar-refractivity contribution in [3.8, 4) is 11.5 Å². The first-order chi connectivity index (χ1) is 7.45. The molecular formula is C12H10O4. The molecular weight excluding hydrogens is 208 g/mol. The first kappa shape index (κ1) is 10.3. The number of hydrogen-bond donors (Lipinski definition) is 3. The highest BCUT2D eigenvalue weighted by molar-refractivity contribution is 6.17. The fraction of sp³-hybridized carbons (Fsp3) is 0.0833. The highest BCUT2D eigenvalue weighted by atomic mass is 16.3. The monoisotopic (exact) mass is 218 g/mol. The summed E-state index contributed by atoms with van der Waals surface area (Å²) in [6, 6.07) is 2.77. The number of hydrogen-bond acceptors (Lipinski definition) is 4. The van der Waals surface area contributed by atoms with Crippen molar-refractivity contribution in [2.45, 2.75) is 6.92 Å². The highest BCUT2D eigenvalue weighted by Crippen LogP contribution is 2.41. The van der Waals surface area contributed by atoms with E-state index in [-0.39, 0.29) is 5.56 Å². The van der Waals surface area contributed by atoms with Crippen molar-refractivity contribution in [1.29, 1.82) is 0 Å². The molecule has 1 aromatic rings. The van der Waals surface area contributed by atoms with Crippen LogP contribution in [0.3, 0.4) is 0 Å². The van der Waals surface area contributed by atoms with Crippen LogP contribution in [0.15, 0.2) is 30.0 Å². The van der Waals surface area contributed by atoms with Gasteiger partial charge in [0.2, 0.25) is 5.78 Å². The van der Waals surface area contributed by atoms with Gasteiger partial charge >= 0.3 is 0 Å². The molecule has 0 fully saturated rings. The number of ketones is 1. The Labute approximate surface area is 91.8 Å². The Kier molecular flexibility index (Phi) is 2.01. The molecule has 0 aliphatic heterocycles. The average molecular weight is 218 g/mol. The third-order valence-corrected chi connectivity index (χ3v) is 2.73. The van der Waals surface area contributed by atoms with E-state index >= 15 is 0 Å². The summed E-state index contributed by atoms with van der Waals surface area (Å²) in [6.45, 7) is 5.30. The van der Waals surface area contributed by atoms with Gasteiger partial charge in [0.05, 0.1) is 5.56 Å². The van der Waals surface area contributed by atoms with Gasteiger partial charge in [-0.15, -0.1) is 0 Å². The predicted molar refractivity (Wildman–Crippen MR) is 58.5 cm³/mol. The Balaban J connectivity index is 2.82. The Morgan fingerprint density at radius 1 is 1.19 bits per heavy atom. The van der Waals surface area contributed by atoms with E-state index in [1.807, 2.05) is 0 Å². The maximum absolute atomic E-state index is 11.7. The molecule has 0 bridgehead atoms. The van der Waals surface area contributed by atoms with E-state index in [0.29, 0.717) is 16.7 Å². The molecule has 1 aliphatic carbocycles. The van der Waals surface area contributed by atoms with Crippen LogP contribution >= 0.6 is 0 Å². The summed E-state index contributed by atoms with van der Waals surface area (Å²) in [7, 11) is 0. The molecule has 3 N–H and O–H groups in total. The summed E-state index contributed by atoms with van der Waals surface area (Å²) < 4.78 is 0. The molecule has 82 valence electrons. The standard InChI is InChI=1S/C12H10O4/c1-5-6(2)10(14)12(16)9-7(5)3-4-8(13)11(9)15/h3-4,13-15H,1H2,2H3. The number of phenolic OH excluding ortho intramolecular Hbond substituents is 2. The van der Waals surface area contributed by atoms with E-state index in [2.05, 4.69) is 6.58 Å². The summed E-state index contributed by atoms with van der Waals surface area (Å²) in [4.78, 5) is 11.7. The second kappa shape index (κ2) is 3.13. The van der Waals surface area contributed by atoms with Crippen molar-refractivity contribution >= 4 is 11.4 Å². The van der Waals surface area contributed by atoms with Crippen LogP contribution in [-0.4, -0.2) is 21.1 Å². The minimum absolute atomic E-state index is 0.104. The molecule has 0 saturated carbocycles. The van der Waals surface area contributed by atoms with E-state index in [9.17, 15) is 20.1 Å². The fourth-order valence-electron chi connectivity index (χ4n) is 1.70. The lowest BCUT2D eigenvalue weighted by atomic mass is 9.86. The minimum atomic E-state index is -0.701. The third-order valence-electron chi connectivity index (χ3n) is 2.73. The lowest BCUT2D eigenvalue weighted by molar-refractivity contribution is 0.0970. The molecule has 0 saturated heterocycles. The Bertz CT molecular complexity index is 552. The summed E-state index contributed by atoms with van der Waals surface area (Å²) in [5.74, 6) is -2.07. The number of allylic oxidation sites excluding steroid dienone is 3. The van der Waals surface area contributed by atoms with Gasteiger partial charge in [0, 0.05) is 5.57 Å². The molecule has 0 spiro atoms. The number of phenols is 2. The van der Waals surface area contributed by atoms with Gasteiger partial charge in [-0.05, 0) is 30.2 Å². The number of carbonyl (C=O) groups is 1. The van der Waals surface area contributed by atoms with Crippen molar-refractivity contribution in [1.82, 2.24) is 0 Å². The van der Waals surface area contributed by atoms with E-state index in [1.54, 1.807) is 6.92 Å². The molecule has 4 nitrogen and oxygen atoms in total. The van der Waals surface area contributed by atoms with Gasteiger partial charge in [-0.2, -0.15) is 0 Å². The van der Waals surface area contributed by atoms with Crippen molar-refractivity contribution < 1.29 is 20.1 Å². The quantitative estimate of drug-likeness (QED) is 0.583. The van der Waals surface area contributed by atoms with Gasteiger partial charge < -0.3 is 15.3 Å².